The maximum Gasteiger partial charge on any atom is 0.277 e. The lowest BCUT2D eigenvalue weighted by molar-refractivity contribution is 0.745. The smallest absolute Gasteiger partial charge is 0.277 e. The fraction of sp³-hybridized carbons (Fsp3) is 1.00. The van der Waals surface area contributed by atoms with Crippen molar-refractivity contribution in [1.29, 1.82) is 0 Å². The molecule has 0 unspecified atom stereocenters. The average molecular weight is 288 g/mol. The molecule has 0 aromatic carbocycles. The largest absolute Gasteiger partial charge is 0.334 e. The summed E-state index contributed by atoms with van der Waals surface area (Å²) in [6.07, 6.45) is 5.65. The molecule has 0 radical (unpaired) electrons. The van der Waals surface area contributed by atoms with Crippen molar-refractivity contribution in [3.05, 3.63) is 0 Å². The van der Waals surface area contributed by atoms with E-state index in [1.165, 1.54) is 43.8 Å². The van der Waals surface area contributed by atoms with Crippen LogP contribution < -0.4 is 14.6 Å². The average Bonchev–Trinajstić information content (AvgIpc) is 2.96. The summed E-state index contributed by atoms with van der Waals surface area (Å²) in [6.45, 7) is 7.14. The van der Waals surface area contributed by atoms with Gasteiger partial charge in [-0.1, -0.05) is 33.6 Å². The van der Waals surface area contributed by atoms with Gasteiger partial charge < -0.3 is 14.6 Å². The molecule has 0 spiro atoms. The Hall–Kier alpha value is 0.314. The molecule has 18 heavy (non-hydrogen) atoms. The third-order valence-corrected chi connectivity index (χ3v) is 16.4. The summed E-state index contributed by atoms with van der Waals surface area (Å²) in [5.41, 5.74) is 0.865. The van der Waals surface area contributed by atoms with Crippen molar-refractivity contribution >= 4 is 16.8 Å². The Morgan fingerprint density at radius 1 is 0.889 bits per heavy atom. The third-order valence-electron chi connectivity index (χ3n) is 5.25. The zero-order chi connectivity index (χ0) is 13.6. The summed E-state index contributed by atoms with van der Waals surface area (Å²) in [5, 5.41) is 0. The van der Waals surface area contributed by atoms with Gasteiger partial charge in [0.05, 0.1) is 0 Å². The minimum Gasteiger partial charge on any atom is -0.334 e. The molecule has 0 saturated heterocycles. The molecule has 5 heteroatoms. The van der Waals surface area contributed by atoms with Crippen molar-refractivity contribution in [2.75, 3.05) is 14.1 Å². The second-order valence-corrected chi connectivity index (χ2v) is 14.9. The van der Waals surface area contributed by atoms with Gasteiger partial charge in [-0.05, 0) is 50.6 Å². The van der Waals surface area contributed by atoms with Crippen molar-refractivity contribution < 1.29 is 0 Å². The SMILES string of the molecule is CC[Si](CC)(CC)N[Si](NC)(NC)C1CCCC1. The van der Waals surface area contributed by atoms with E-state index in [4.69, 9.17) is 0 Å². The van der Waals surface area contributed by atoms with E-state index >= 15 is 0 Å². The minimum atomic E-state index is -1.70. The van der Waals surface area contributed by atoms with Crippen LogP contribution in [0.2, 0.25) is 23.7 Å². The maximum absolute atomic E-state index is 4.23. The highest BCUT2D eigenvalue weighted by Gasteiger charge is 2.46. The topological polar surface area (TPSA) is 36.1 Å². The summed E-state index contributed by atoms with van der Waals surface area (Å²) in [6, 6.07) is 4.06. The Kier molecular flexibility index (Phi) is 6.54. The van der Waals surface area contributed by atoms with E-state index in [1.807, 2.05) is 0 Å². The lowest BCUT2D eigenvalue weighted by Crippen LogP contribution is -2.78. The number of hydrogen-bond donors (Lipinski definition) is 3. The normalized spacial score (nSPS) is 18.5. The molecule has 0 bridgehead atoms. The van der Waals surface area contributed by atoms with Gasteiger partial charge in [0.1, 0.15) is 8.24 Å². The number of nitrogens with one attached hydrogen (secondary N) is 3. The molecule has 108 valence electrons. The van der Waals surface area contributed by atoms with Crippen LogP contribution in [0.1, 0.15) is 46.5 Å². The molecule has 3 N–H and O–H groups in total. The van der Waals surface area contributed by atoms with Crippen LogP contribution in [-0.2, 0) is 0 Å². The molecule has 1 aliphatic rings. The molecule has 0 amide bonds. The predicted octanol–water partition coefficient (Wildman–Crippen LogP) is 2.90. The van der Waals surface area contributed by atoms with Crippen molar-refractivity contribution in [1.82, 2.24) is 14.6 Å². The minimum absolute atomic E-state index is 0.865. The molecule has 1 rings (SSSR count). The van der Waals surface area contributed by atoms with E-state index < -0.39 is 16.8 Å². The Bertz CT molecular complexity index is 226. The first-order valence-electron chi connectivity index (χ1n) is 7.79. The highest BCUT2D eigenvalue weighted by atomic mass is 28.4. The predicted molar refractivity (Wildman–Crippen MR) is 86.4 cm³/mol. The summed E-state index contributed by atoms with van der Waals surface area (Å²) < 4.78 is 4.23. The highest BCUT2D eigenvalue weighted by Crippen LogP contribution is 2.36. The van der Waals surface area contributed by atoms with E-state index in [-0.39, 0.29) is 0 Å². The lowest BCUT2D eigenvalue weighted by atomic mass is 10.4. The number of hydrogen-bond acceptors (Lipinski definition) is 3. The van der Waals surface area contributed by atoms with E-state index in [2.05, 4.69) is 49.5 Å². The zero-order valence-electron chi connectivity index (χ0n) is 13.0. The zero-order valence-corrected chi connectivity index (χ0v) is 15.0. The molecular formula is C13H33N3Si2. The van der Waals surface area contributed by atoms with Crippen molar-refractivity contribution in [2.24, 2.45) is 0 Å². The summed E-state index contributed by atoms with van der Waals surface area (Å²) in [7, 11) is 1.35. The fourth-order valence-electron chi connectivity index (χ4n) is 3.55. The molecule has 1 aliphatic carbocycles. The van der Waals surface area contributed by atoms with Gasteiger partial charge in [-0.15, -0.1) is 0 Å². The van der Waals surface area contributed by atoms with Crippen LogP contribution in [0, 0.1) is 0 Å². The van der Waals surface area contributed by atoms with E-state index in [9.17, 15) is 0 Å². The second-order valence-electron chi connectivity index (χ2n) is 5.76. The van der Waals surface area contributed by atoms with Crippen LogP contribution in [0.15, 0.2) is 0 Å². The summed E-state index contributed by atoms with van der Waals surface area (Å²) in [5.74, 6) is 0. The van der Waals surface area contributed by atoms with E-state index in [0.29, 0.717) is 0 Å². The van der Waals surface area contributed by atoms with Gasteiger partial charge in [0.25, 0.3) is 8.56 Å². The fourth-order valence-corrected chi connectivity index (χ4v) is 14.7. The third kappa shape index (κ3) is 3.25. The first kappa shape index (κ1) is 16.4. The molecule has 0 aromatic rings. The highest BCUT2D eigenvalue weighted by molar-refractivity contribution is 6.91. The van der Waals surface area contributed by atoms with Gasteiger partial charge in [-0.25, -0.2) is 0 Å². The van der Waals surface area contributed by atoms with Crippen molar-refractivity contribution in [3.8, 4) is 0 Å². The van der Waals surface area contributed by atoms with Crippen LogP contribution in [0.25, 0.3) is 0 Å². The first-order valence-corrected chi connectivity index (χ1v) is 12.5. The molecule has 0 heterocycles. The van der Waals surface area contributed by atoms with E-state index in [0.717, 1.165) is 5.54 Å². The molecule has 1 saturated carbocycles. The van der Waals surface area contributed by atoms with Crippen LogP contribution in [0.5, 0.6) is 0 Å². The van der Waals surface area contributed by atoms with Gasteiger partial charge in [0.15, 0.2) is 0 Å². The van der Waals surface area contributed by atoms with E-state index in [1.54, 1.807) is 0 Å². The molecule has 0 aromatic heterocycles. The van der Waals surface area contributed by atoms with Gasteiger partial charge in [-0.2, -0.15) is 0 Å². The summed E-state index contributed by atoms with van der Waals surface area (Å²) in [4.78, 5) is 7.43. The van der Waals surface area contributed by atoms with Crippen LogP contribution in [0.4, 0.5) is 0 Å². The monoisotopic (exact) mass is 287 g/mol. The molecule has 0 atom stereocenters. The van der Waals surface area contributed by atoms with Crippen molar-refractivity contribution in [3.63, 3.8) is 0 Å². The summed E-state index contributed by atoms with van der Waals surface area (Å²) >= 11 is 0. The van der Waals surface area contributed by atoms with Gasteiger partial charge in [-0.3, -0.25) is 0 Å². The maximum atomic E-state index is 4.23. The first-order chi connectivity index (χ1) is 8.62. The van der Waals surface area contributed by atoms with Gasteiger partial charge in [0, 0.05) is 0 Å². The Balaban J connectivity index is 2.89. The molecule has 3 nitrogen and oxygen atoms in total. The molecular weight excluding hydrogens is 254 g/mol. The van der Waals surface area contributed by atoms with Crippen LogP contribution in [0.3, 0.4) is 0 Å². The second kappa shape index (κ2) is 7.19. The quantitative estimate of drug-likeness (QED) is 0.601. The Morgan fingerprint density at radius 2 is 1.33 bits per heavy atom. The number of rotatable bonds is 8. The molecule has 1 fully saturated rings. The van der Waals surface area contributed by atoms with Crippen LogP contribution in [-0.4, -0.2) is 30.9 Å². The lowest BCUT2D eigenvalue weighted by Gasteiger charge is -2.44. The Labute approximate surface area is 116 Å². The van der Waals surface area contributed by atoms with Crippen molar-refractivity contribution in [2.45, 2.75) is 70.1 Å². The van der Waals surface area contributed by atoms with Gasteiger partial charge >= 0.3 is 0 Å². The standard InChI is InChI=1S/C13H33N3Si2/c1-6-17(7-2,8-3)16-18(14-4,15-5)13-11-9-10-12-13/h13-16H,6-12H2,1-5H3. The van der Waals surface area contributed by atoms with Gasteiger partial charge in [0.2, 0.25) is 0 Å². The molecule has 0 aliphatic heterocycles. The van der Waals surface area contributed by atoms with Crippen LogP contribution >= 0.6 is 0 Å². The Morgan fingerprint density at radius 3 is 1.67 bits per heavy atom.